The van der Waals surface area contributed by atoms with Crippen LogP contribution in [0.3, 0.4) is 0 Å². The molecule has 0 bridgehead atoms. The minimum absolute atomic E-state index is 0.327. The van der Waals surface area contributed by atoms with Crippen LogP contribution in [-0.4, -0.2) is 50.7 Å². The number of piperazine rings is 1. The average Bonchev–Trinajstić information content (AvgIpc) is 2.72. The van der Waals surface area contributed by atoms with Crippen molar-refractivity contribution >= 4 is 11.6 Å². The van der Waals surface area contributed by atoms with E-state index in [0.29, 0.717) is 26.2 Å². The van der Waals surface area contributed by atoms with Crippen LogP contribution in [-0.2, 0) is 11.0 Å². The fourth-order valence-electron chi connectivity index (χ4n) is 3.06. The summed E-state index contributed by atoms with van der Waals surface area (Å²) in [6.45, 7) is 1.81. The molecule has 1 aliphatic rings. The first-order chi connectivity index (χ1) is 13.4. The highest BCUT2D eigenvalue weighted by atomic mass is 19.4. The topological polar surface area (TPSA) is 42.0 Å². The predicted octanol–water partition coefficient (Wildman–Crippen LogP) is 3.44. The summed E-state index contributed by atoms with van der Waals surface area (Å²) in [5.41, 5.74) is 0.148. The smallest absolute Gasteiger partial charge is 0.419 e. The maximum absolute atomic E-state index is 13.0. The molecule has 28 heavy (non-hydrogen) atoms. The molecule has 0 aliphatic carbocycles. The molecular weight excluding hydrogens is 373 g/mol. The highest BCUT2D eigenvalue weighted by Gasteiger charge is 2.34. The van der Waals surface area contributed by atoms with Crippen molar-refractivity contribution in [3.63, 3.8) is 0 Å². The second-order valence-corrected chi connectivity index (χ2v) is 6.35. The Morgan fingerprint density at radius 3 is 2.25 bits per heavy atom. The van der Waals surface area contributed by atoms with E-state index in [1.807, 2.05) is 24.3 Å². The van der Waals surface area contributed by atoms with Gasteiger partial charge in [-0.25, -0.2) is 0 Å². The van der Waals surface area contributed by atoms with Crippen LogP contribution in [0.5, 0.6) is 11.5 Å². The van der Waals surface area contributed by atoms with Crippen molar-refractivity contribution in [2.75, 3.05) is 44.8 Å². The fraction of sp³-hybridized carbons (Fsp3) is 0.350. The van der Waals surface area contributed by atoms with Gasteiger partial charge in [-0.15, -0.1) is 0 Å². The number of amides is 1. The number of hydrogen-bond acceptors (Lipinski definition) is 4. The number of nitrogens with zero attached hydrogens (tertiary/aromatic N) is 2. The number of hydrogen-bond donors (Lipinski definition) is 0. The van der Waals surface area contributed by atoms with Crippen molar-refractivity contribution in [3.8, 4) is 11.5 Å². The molecule has 1 aliphatic heterocycles. The molecule has 1 amide bonds. The number of benzene rings is 2. The number of carbonyl (C=O) groups excluding carboxylic acids is 1. The summed E-state index contributed by atoms with van der Waals surface area (Å²) in [6.07, 6.45) is -4.52. The summed E-state index contributed by atoms with van der Waals surface area (Å²) in [5.74, 6) is 0.112. The minimum Gasteiger partial charge on any atom is -0.497 e. The van der Waals surface area contributed by atoms with Crippen molar-refractivity contribution in [1.29, 1.82) is 0 Å². The molecule has 0 radical (unpaired) electrons. The number of para-hydroxylation sites is 1. The molecule has 0 N–H and O–H groups in total. The van der Waals surface area contributed by atoms with E-state index in [9.17, 15) is 18.0 Å². The van der Waals surface area contributed by atoms with Crippen LogP contribution in [0.1, 0.15) is 5.56 Å². The molecular formula is C20H21F3N2O3. The van der Waals surface area contributed by atoms with E-state index < -0.39 is 18.3 Å². The second kappa shape index (κ2) is 8.41. The Hall–Kier alpha value is -2.90. The molecule has 0 saturated carbocycles. The maximum Gasteiger partial charge on any atom is 0.419 e. The second-order valence-electron chi connectivity index (χ2n) is 6.35. The van der Waals surface area contributed by atoms with Crippen molar-refractivity contribution < 1.29 is 27.4 Å². The Morgan fingerprint density at radius 1 is 1.00 bits per heavy atom. The van der Waals surface area contributed by atoms with Gasteiger partial charge in [0.2, 0.25) is 0 Å². The van der Waals surface area contributed by atoms with E-state index in [1.165, 1.54) is 18.2 Å². The quantitative estimate of drug-likeness (QED) is 0.779. The maximum atomic E-state index is 13.0. The van der Waals surface area contributed by atoms with Crippen LogP contribution < -0.4 is 14.4 Å². The van der Waals surface area contributed by atoms with Crippen molar-refractivity contribution in [1.82, 2.24) is 4.90 Å². The molecule has 0 spiro atoms. The van der Waals surface area contributed by atoms with Gasteiger partial charge in [-0.05, 0) is 36.4 Å². The molecule has 1 heterocycles. The molecule has 1 fully saturated rings. The monoisotopic (exact) mass is 394 g/mol. The molecule has 2 aromatic carbocycles. The summed E-state index contributed by atoms with van der Waals surface area (Å²) in [7, 11) is 1.61. The van der Waals surface area contributed by atoms with Crippen molar-refractivity contribution in [2.24, 2.45) is 0 Å². The number of carbonyl (C=O) groups is 1. The standard InChI is InChI=1S/C20H21F3N2O3/c1-27-16-8-6-15(7-9-16)24-10-12-25(13-11-24)19(26)14-28-18-5-3-2-4-17(18)20(21,22)23/h2-9H,10-14H2,1H3. The van der Waals surface area contributed by atoms with Crippen LogP contribution in [0, 0.1) is 0 Å². The number of methoxy groups -OCH3 is 1. The number of anilines is 1. The van der Waals surface area contributed by atoms with Crippen LogP contribution in [0.2, 0.25) is 0 Å². The van der Waals surface area contributed by atoms with Gasteiger partial charge in [0.05, 0.1) is 12.7 Å². The van der Waals surface area contributed by atoms with Gasteiger partial charge in [0.1, 0.15) is 11.5 Å². The normalized spacial score (nSPS) is 14.7. The third-order valence-corrected chi connectivity index (χ3v) is 4.61. The first-order valence-electron chi connectivity index (χ1n) is 8.84. The van der Waals surface area contributed by atoms with Gasteiger partial charge >= 0.3 is 6.18 Å². The Kier molecular flexibility index (Phi) is 5.96. The molecule has 0 unspecified atom stereocenters. The van der Waals surface area contributed by atoms with Crippen molar-refractivity contribution in [3.05, 3.63) is 54.1 Å². The van der Waals surface area contributed by atoms with E-state index in [2.05, 4.69) is 4.90 Å². The number of ether oxygens (including phenoxy) is 2. The lowest BCUT2D eigenvalue weighted by molar-refractivity contribution is -0.141. The lowest BCUT2D eigenvalue weighted by Gasteiger charge is -2.36. The summed E-state index contributed by atoms with van der Waals surface area (Å²) < 4.78 is 49.3. The average molecular weight is 394 g/mol. The Labute approximate surface area is 161 Å². The van der Waals surface area contributed by atoms with E-state index >= 15 is 0 Å². The molecule has 8 heteroatoms. The minimum atomic E-state index is -4.52. The molecule has 2 aromatic rings. The van der Waals surface area contributed by atoms with Crippen LogP contribution in [0.15, 0.2) is 48.5 Å². The van der Waals surface area contributed by atoms with Gasteiger partial charge < -0.3 is 19.3 Å². The van der Waals surface area contributed by atoms with Gasteiger partial charge in [-0.2, -0.15) is 13.2 Å². The Balaban J connectivity index is 1.53. The molecule has 5 nitrogen and oxygen atoms in total. The SMILES string of the molecule is COc1ccc(N2CCN(C(=O)COc3ccccc3C(F)(F)F)CC2)cc1. The summed E-state index contributed by atoms with van der Waals surface area (Å²) in [5, 5.41) is 0. The van der Waals surface area contributed by atoms with Crippen LogP contribution in [0.25, 0.3) is 0 Å². The first kappa shape index (κ1) is 19.9. The fourth-order valence-corrected chi connectivity index (χ4v) is 3.06. The van der Waals surface area contributed by atoms with Gasteiger partial charge in [0.25, 0.3) is 5.91 Å². The summed E-state index contributed by atoms with van der Waals surface area (Å²) in [4.78, 5) is 16.1. The van der Waals surface area contributed by atoms with Gasteiger partial charge in [-0.1, -0.05) is 12.1 Å². The Bertz CT molecular complexity index is 801. The van der Waals surface area contributed by atoms with Gasteiger partial charge in [0.15, 0.2) is 6.61 Å². The lowest BCUT2D eigenvalue weighted by Crippen LogP contribution is -2.50. The zero-order valence-corrected chi connectivity index (χ0v) is 15.4. The van der Waals surface area contributed by atoms with E-state index in [1.54, 1.807) is 12.0 Å². The summed E-state index contributed by atoms with van der Waals surface area (Å²) >= 11 is 0. The third kappa shape index (κ3) is 4.68. The Morgan fingerprint density at radius 2 is 1.64 bits per heavy atom. The predicted molar refractivity (Wildman–Crippen MR) is 98.7 cm³/mol. The molecule has 3 rings (SSSR count). The largest absolute Gasteiger partial charge is 0.497 e. The van der Waals surface area contributed by atoms with Crippen LogP contribution in [0.4, 0.5) is 18.9 Å². The zero-order chi connectivity index (χ0) is 20.1. The van der Waals surface area contributed by atoms with Gasteiger partial charge in [-0.3, -0.25) is 4.79 Å². The number of rotatable bonds is 5. The molecule has 0 atom stereocenters. The van der Waals surface area contributed by atoms with E-state index in [-0.39, 0.29) is 11.7 Å². The molecule has 0 aromatic heterocycles. The summed E-state index contributed by atoms with van der Waals surface area (Å²) in [6, 6.07) is 12.5. The number of halogens is 3. The first-order valence-corrected chi connectivity index (χ1v) is 8.84. The molecule has 1 saturated heterocycles. The zero-order valence-electron chi connectivity index (χ0n) is 15.4. The highest BCUT2D eigenvalue weighted by Crippen LogP contribution is 2.35. The van der Waals surface area contributed by atoms with Crippen molar-refractivity contribution in [2.45, 2.75) is 6.18 Å². The highest BCUT2D eigenvalue weighted by molar-refractivity contribution is 5.78. The van der Waals surface area contributed by atoms with Gasteiger partial charge in [0, 0.05) is 31.9 Å². The van der Waals surface area contributed by atoms with E-state index in [4.69, 9.17) is 9.47 Å². The molecule has 150 valence electrons. The lowest BCUT2D eigenvalue weighted by atomic mass is 10.2. The number of alkyl halides is 3. The van der Waals surface area contributed by atoms with Crippen LogP contribution >= 0.6 is 0 Å². The third-order valence-electron chi connectivity index (χ3n) is 4.61. The van der Waals surface area contributed by atoms with E-state index in [0.717, 1.165) is 17.5 Å².